The molecular formula is C24H28ClN5O3S. The van der Waals surface area contributed by atoms with Crippen LogP contribution in [-0.4, -0.2) is 54.7 Å². The summed E-state index contributed by atoms with van der Waals surface area (Å²) in [6, 6.07) is 14.9. The fourth-order valence-electron chi connectivity index (χ4n) is 3.30. The van der Waals surface area contributed by atoms with Crippen LogP contribution in [0, 0.1) is 0 Å². The van der Waals surface area contributed by atoms with Crippen molar-refractivity contribution in [2.45, 2.75) is 32.5 Å². The van der Waals surface area contributed by atoms with Crippen LogP contribution >= 0.6 is 23.8 Å². The minimum Gasteiger partial charge on any atom is -0.444 e. The number of hydrogen-bond acceptors (Lipinski definition) is 5. The van der Waals surface area contributed by atoms with Crippen molar-refractivity contribution in [3.05, 3.63) is 64.7 Å². The molecule has 2 aromatic carbocycles. The molecule has 3 rings (SSSR count). The number of ether oxygens (including phenoxy) is 1. The van der Waals surface area contributed by atoms with Crippen LogP contribution < -0.4 is 20.9 Å². The topological polar surface area (TPSA) is 95.1 Å². The SMILES string of the molecule is CN1C(=O)C(NC(=S)NCCNC(=O)OC(C)(C)C)N=C(c2ccccc2)c2cc(Cl)ccc21. The summed E-state index contributed by atoms with van der Waals surface area (Å²) >= 11 is 11.6. The Balaban J connectivity index is 1.74. The van der Waals surface area contributed by atoms with Gasteiger partial charge in [-0.15, -0.1) is 0 Å². The summed E-state index contributed by atoms with van der Waals surface area (Å²) in [5.74, 6) is -0.273. The van der Waals surface area contributed by atoms with Gasteiger partial charge >= 0.3 is 6.09 Å². The molecule has 0 saturated heterocycles. The molecule has 34 heavy (non-hydrogen) atoms. The van der Waals surface area contributed by atoms with Gasteiger partial charge in [-0.3, -0.25) is 4.79 Å². The Kier molecular flexibility index (Phi) is 8.11. The third kappa shape index (κ3) is 6.68. The number of amides is 2. The molecule has 0 fully saturated rings. The summed E-state index contributed by atoms with van der Waals surface area (Å²) in [6.07, 6.45) is -1.47. The third-order valence-electron chi connectivity index (χ3n) is 4.79. The predicted molar refractivity (Wildman–Crippen MR) is 139 cm³/mol. The first-order chi connectivity index (χ1) is 16.0. The number of likely N-dealkylation sites (N-methyl/N-ethyl adjacent to an activating group) is 1. The fourth-order valence-corrected chi connectivity index (χ4v) is 3.68. The minimum absolute atomic E-state index is 0.234. The summed E-state index contributed by atoms with van der Waals surface area (Å²) < 4.78 is 5.20. The van der Waals surface area contributed by atoms with Crippen LogP contribution in [-0.2, 0) is 9.53 Å². The molecule has 0 saturated carbocycles. The van der Waals surface area contributed by atoms with E-state index < -0.39 is 17.9 Å². The molecule has 0 spiro atoms. The second-order valence-electron chi connectivity index (χ2n) is 8.63. The molecule has 0 aliphatic carbocycles. The Morgan fingerprint density at radius 1 is 1.15 bits per heavy atom. The summed E-state index contributed by atoms with van der Waals surface area (Å²) in [4.78, 5) is 31.2. The van der Waals surface area contributed by atoms with E-state index in [1.54, 1.807) is 46.0 Å². The molecule has 8 nitrogen and oxygen atoms in total. The van der Waals surface area contributed by atoms with Crippen LogP contribution in [0.15, 0.2) is 53.5 Å². The van der Waals surface area contributed by atoms with Gasteiger partial charge in [0.25, 0.3) is 5.91 Å². The molecule has 10 heteroatoms. The van der Waals surface area contributed by atoms with Crippen molar-refractivity contribution in [2.24, 2.45) is 4.99 Å². The van der Waals surface area contributed by atoms with Gasteiger partial charge in [0.1, 0.15) is 5.60 Å². The van der Waals surface area contributed by atoms with Gasteiger partial charge in [-0.05, 0) is 51.2 Å². The Labute approximate surface area is 209 Å². The number of rotatable bonds is 5. The maximum atomic E-state index is 13.2. The quantitative estimate of drug-likeness (QED) is 0.429. The van der Waals surface area contributed by atoms with E-state index in [2.05, 4.69) is 16.0 Å². The molecule has 0 radical (unpaired) electrons. The zero-order valence-corrected chi connectivity index (χ0v) is 21.1. The number of benzene rings is 2. The predicted octanol–water partition coefficient (Wildman–Crippen LogP) is 3.47. The van der Waals surface area contributed by atoms with E-state index >= 15 is 0 Å². The van der Waals surface area contributed by atoms with Crippen LogP contribution in [0.2, 0.25) is 5.02 Å². The number of benzodiazepines with no additional fused rings is 1. The zero-order valence-electron chi connectivity index (χ0n) is 19.5. The number of fused-ring (bicyclic) bond motifs is 1. The third-order valence-corrected chi connectivity index (χ3v) is 5.29. The molecule has 0 aromatic heterocycles. The molecule has 1 unspecified atom stereocenters. The van der Waals surface area contributed by atoms with Crippen LogP contribution in [0.4, 0.5) is 10.5 Å². The van der Waals surface area contributed by atoms with Gasteiger partial charge in [-0.25, -0.2) is 9.79 Å². The van der Waals surface area contributed by atoms with Gasteiger partial charge in [-0.2, -0.15) is 0 Å². The molecule has 1 heterocycles. The van der Waals surface area contributed by atoms with Crippen molar-refractivity contribution in [3.63, 3.8) is 0 Å². The number of alkyl carbamates (subject to hydrolysis) is 1. The number of carbonyl (C=O) groups is 2. The standard InChI is InChI=1S/C24H28ClN5O3S/c1-24(2,3)33-23(32)27-13-12-26-22(34)29-20-21(31)30(4)18-11-10-16(25)14-17(18)19(28-20)15-8-6-5-7-9-15/h5-11,14,20H,12-13H2,1-4H3,(H,27,32)(H2,26,29,34). The minimum atomic E-state index is -0.954. The molecule has 2 amide bonds. The maximum absolute atomic E-state index is 13.2. The van der Waals surface area contributed by atoms with Crippen LogP contribution in [0.5, 0.6) is 0 Å². The molecular weight excluding hydrogens is 474 g/mol. The van der Waals surface area contributed by atoms with E-state index in [1.165, 1.54) is 4.90 Å². The first kappa shape index (κ1) is 25.5. The smallest absolute Gasteiger partial charge is 0.407 e. The maximum Gasteiger partial charge on any atom is 0.407 e. The summed E-state index contributed by atoms with van der Waals surface area (Å²) in [7, 11) is 1.69. The largest absolute Gasteiger partial charge is 0.444 e. The van der Waals surface area contributed by atoms with Gasteiger partial charge in [0.2, 0.25) is 6.17 Å². The van der Waals surface area contributed by atoms with Crippen LogP contribution in [0.25, 0.3) is 0 Å². The van der Waals surface area contributed by atoms with Gasteiger partial charge in [0, 0.05) is 36.3 Å². The highest BCUT2D eigenvalue weighted by Gasteiger charge is 2.30. The average Bonchev–Trinajstić information content (AvgIpc) is 2.86. The number of halogens is 1. The van der Waals surface area contributed by atoms with Crippen molar-refractivity contribution >= 4 is 52.3 Å². The summed E-state index contributed by atoms with van der Waals surface area (Å²) in [5.41, 5.74) is 2.35. The number of anilines is 1. The fraction of sp³-hybridized carbons (Fsp3) is 0.333. The highest BCUT2D eigenvalue weighted by molar-refractivity contribution is 7.80. The number of thiocarbonyl (C=S) groups is 1. The lowest BCUT2D eigenvalue weighted by atomic mass is 10.0. The van der Waals surface area contributed by atoms with E-state index in [0.717, 1.165) is 11.1 Å². The first-order valence-corrected chi connectivity index (χ1v) is 11.6. The lowest BCUT2D eigenvalue weighted by molar-refractivity contribution is -0.119. The second-order valence-corrected chi connectivity index (χ2v) is 9.48. The van der Waals surface area contributed by atoms with Crippen molar-refractivity contribution in [1.82, 2.24) is 16.0 Å². The van der Waals surface area contributed by atoms with Gasteiger partial charge in [-0.1, -0.05) is 41.9 Å². The van der Waals surface area contributed by atoms with Crippen molar-refractivity contribution in [2.75, 3.05) is 25.0 Å². The molecule has 1 aliphatic rings. The highest BCUT2D eigenvalue weighted by atomic mass is 35.5. The second kappa shape index (κ2) is 10.8. The van der Waals surface area contributed by atoms with E-state index in [-0.39, 0.29) is 17.6 Å². The molecule has 1 aliphatic heterocycles. The van der Waals surface area contributed by atoms with Gasteiger partial charge in [0.05, 0.1) is 11.4 Å². The lowest BCUT2D eigenvalue weighted by Gasteiger charge is -2.22. The Bertz CT molecular complexity index is 1100. The first-order valence-electron chi connectivity index (χ1n) is 10.8. The summed E-state index contributed by atoms with van der Waals surface area (Å²) in [6.45, 7) is 6.01. The Morgan fingerprint density at radius 3 is 2.50 bits per heavy atom. The number of nitrogens with zero attached hydrogens (tertiary/aromatic N) is 2. The molecule has 2 aromatic rings. The van der Waals surface area contributed by atoms with Crippen LogP contribution in [0.1, 0.15) is 31.9 Å². The van der Waals surface area contributed by atoms with E-state index in [4.69, 9.17) is 33.5 Å². The number of aliphatic imine (C=N–C) groups is 1. The van der Waals surface area contributed by atoms with Crippen molar-refractivity contribution in [3.8, 4) is 0 Å². The lowest BCUT2D eigenvalue weighted by Crippen LogP contribution is -2.50. The molecule has 180 valence electrons. The number of nitrogens with one attached hydrogen (secondary N) is 3. The van der Waals surface area contributed by atoms with Crippen molar-refractivity contribution < 1.29 is 14.3 Å². The number of hydrogen-bond donors (Lipinski definition) is 3. The monoisotopic (exact) mass is 501 g/mol. The van der Waals surface area contributed by atoms with Gasteiger partial charge in [0.15, 0.2) is 5.11 Å². The summed E-state index contributed by atoms with van der Waals surface area (Å²) in [5, 5.41) is 9.38. The Hall–Kier alpha value is -3.17. The molecule has 0 bridgehead atoms. The van der Waals surface area contributed by atoms with Crippen molar-refractivity contribution in [1.29, 1.82) is 0 Å². The van der Waals surface area contributed by atoms with E-state index in [1.807, 2.05) is 30.3 Å². The molecule has 3 N–H and O–H groups in total. The van der Waals surface area contributed by atoms with Crippen LogP contribution in [0.3, 0.4) is 0 Å². The van der Waals surface area contributed by atoms with Gasteiger partial charge < -0.3 is 25.6 Å². The normalized spacial score (nSPS) is 15.6. The Morgan fingerprint density at radius 2 is 1.82 bits per heavy atom. The van der Waals surface area contributed by atoms with E-state index in [0.29, 0.717) is 23.0 Å². The van der Waals surface area contributed by atoms with E-state index in [9.17, 15) is 9.59 Å². The average molecular weight is 502 g/mol. The highest BCUT2D eigenvalue weighted by Crippen LogP contribution is 2.29. The molecule has 1 atom stereocenters. The number of carbonyl (C=O) groups excluding carboxylic acids is 2. The zero-order chi connectivity index (χ0) is 24.9.